The van der Waals surface area contributed by atoms with Gasteiger partial charge in [0.25, 0.3) is 0 Å². The first-order chi connectivity index (χ1) is 8.43. The van der Waals surface area contributed by atoms with Crippen LogP contribution in [-0.4, -0.2) is 38.4 Å². The molecule has 18 heavy (non-hydrogen) atoms. The van der Waals surface area contributed by atoms with Gasteiger partial charge in [-0.1, -0.05) is 15.9 Å². The molecule has 2 rings (SSSR count). The number of benzene rings is 1. The van der Waals surface area contributed by atoms with Gasteiger partial charge in [0.1, 0.15) is 10.7 Å². The molecule has 1 saturated heterocycles. The standard InChI is InChI=1S/C11H14BrFN2O2S/c1-8-7-14-4-5-15(8)18(16,17)11-6-9(12)2-3-10(11)13/h2-3,6,8,14H,4-5,7H2,1H3/t8-/m1/s1. The summed E-state index contributed by atoms with van der Waals surface area (Å²) in [6.45, 7) is 3.32. The normalized spacial score (nSPS) is 22.1. The van der Waals surface area contributed by atoms with Gasteiger partial charge < -0.3 is 5.32 Å². The van der Waals surface area contributed by atoms with E-state index in [9.17, 15) is 12.8 Å². The molecule has 4 nitrogen and oxygen atoms in total. The first-order valence-electron chi connectivity index (χ1n) is 5.60. The molecule has 0 spiro atoms. The van der Waals surface area contributed by atoms with Crippen molar-refractivity contribution in [2.45, 2.75) is 17.9 Å². The number of hydrogen-bond acceptors (Lipinski definition) is 3. The van der Waals surface area contributed by atoms with Gasteiger partial charge in [-0.25, -0.2) is 12.8 Å². The van der Waals surface area contributed by atoms with Crippen molar-refractivity contribution in [3.8, 4) is 0 Å². The minimum absolute atomic E-state index is 0.179. The third-order valence-electron chi connectivity index (χ3n) is 2.92. The van der Waals surface area contributed by atoms with Gasteiger partial charge >= 0.3 is 0 Å². The minimum Gasteiger partial charge on any atom is -0.314 e. The molecule has 1 atom stereocenters. The Bertz CT molecular complexity index is 550. The molecule has 0 aliphatic carbocycles. The Hall–Kier alpha value is -0.500. The van der Waals surface area contributed by atoms with Crippen LogP contribution in [0.15, 0.2) is 27.6 Å². The second-order valence-corrected chi connectivity index (χ2v) is 7.02. The molecule has 0 saturated carbocycles. The van der Waals surface area contributed by atoms with Crippen molar-refractivity contribution in [3.63, 3.8) is 0 Å². The molecular formula is C11H14BrFN2O2S. The topological polar surface area (TPSA) is 49.4 Å². The van der Waals surface area contributed by atoms with E-state index in [1.54, 1.807) is 6.92 Å². The maximum absolute atomic E-state index is 13.7. The first kappa shape index (κ1) is 13.9. The van der Waals surface area contributed by atoms with E-state index < -0.39 is 15.8 Å². The molecule has 1 aromatic carbocycles. The average molecular weight is 337 g/mol. The summed E-state index contributed by atoms with van der Waals surface area (Å²) in [5.41, 5.74) is 0. The fourth-order valence-electron chi connectivity index (χ4n) is 1.98. The summed E-state index contributed by atoms with van der Waals surface area (Å²) in [6.07, 6.45) is 0. The quantitative estimate of drug-likeness (QED) is 0.891. The lowest BCUT2D eigenvalue weighted by atomic mass is 10.3. The first-order valence-corrected chi connectivity index (χ1v) is 7.84. The number of sulfonamides is 1. The molecule has 1 N–H and O–H groups in total. The monoisotopic (exact) mass is 336 g/mol. The molecule has 0 radical (unpaired) electrons. The highest BCUT2D eigenvalue weighted by molar-refractivity contribution is 9.10. The van der Waals surface area contributed by atoms with Crippen molar-refractivity contribution >= 4 is 26.0 Å². The molecule has 0 bridgehead atoms. The highest BCUT2D eigenvalue weighted by Gasteiger charge is 2.32. The highest BCUT2D eigenvalue weighted by Crippen LogP contribution is 2.25. The van der Waals surface area contributed by atoms with Crippen LogP contribution >= 0.6 is 15.9 Å². The predicted molar refractivity (Wildman–Crippen MR) is 70.3 cm³/mol. The summed E-state index contributed by atoms with van der Waals surface area (Å²) < 4.78 is 40.4. The Morgan fingerprint density at radius 3 is 2.89 bits per heavy atom. The highest BCUT2D eigenvalue weighted by atomic mass is 79.9. The Kier molecular flexibility index (Phi) is 4.05. The van der Waals surface area contributed by atoms with Gasteiger partial charge in [0.05, 0.1) is 0 Å². The summed E-state index contributed by atoms with van der Waals surface area (Å²) in [6, 6.07) is 3.76. The zero-order valence-electron chi connectivity index (χ0n) is 9.86. The second-order valence-electron chi connectivity index (χ2n) is 4.24. The van der Waals surface area contributed by atoms with Crippen LogP contribution in [0.5, 0.6) is 0 Å². The van der Waals surface area contributed by atoms with E-state index in [0.29, 0.717) is 24.1 Å². The molecule has 0 aromatic heterocycles. The van der Waals surface area contributed by atoms with Gasteiger partial charge in [0.15, 0.2) is 0 Å². The lowest BCUT2D eigenvalue weighted by Gasteiger charge is -2.32. The molecule has 1 heterocycles. The van der Waals surface area contributed by atoms with E-state index >= 15 is 0 Å². The minimum atomic E-state index is -3.78. The van der Waals surface area contributed by atoms with Crippen LogP contribution in [-0.2, 0) is 10.0 Å². The molecular weight excluding hydrogens is 323 g/mol. The van der Waals surface area contributed by atoms with Gasteiger partial charge in [-0.15, -0.1) is 0 Å². The fraction of sp³-hybridized carbons (Fsp3) is 0.455. The third-order valence-corrected chi connectivity index (χ3v) is 5.44. The molecule has 1 aliphatic heterocycles. The smallest absolute Gasteiger partial charge is 0.246 e. The van der Waals surface area contributed by atoms with Crippen molar-refractivity contribution in [3.05, 3.63) is 28.5 Å². The Labute approximate surface area is 114 Å². The molecule has 1 fully saturated rings. The molecule has 1 aliphatic rings. The van der Waals surface area contributed by atoms with E-state index in [1.165, 1.54) is 16.4 Å². The SMILES string of the molecule is C[C@@H]1CNCCN1S(=O)(=O)c1cc(Br)ccc1F. The van der Waals surface area contributed by atoms with Gasteiger partial charge in [-0.3, -0.25) is 0 Å². The lowest BCUT2D eigenvalue weighted by Crippen LogP contribution is -2.52. The maximum atomic E-state index is 13.7. The van der Waals surface area contributed by atoms with Gasteiger partial charge in [-0.2, -0.15) is 4.31 Å². The van der Waals surface area contributed by atoms with E-state index in [2.05, 4.69) is 21.2 Å². The van der Waals surface area contributed by atoms with Crippen LogP contribution in [0.4, 0.5) is 4.39 Å². The van der Waals surface area contributed by atoms with Crippen LogP contribution < -0.4 is 5.32 Å². The predicted octanol–water partition coefficient (Wildman–Crippen LogP) is 1.57. The summed E-state index contributed by atoms with van der Waals surface area (Å²) in [4.78, 5) is -0.273. The van der Waals surface area contributed by atoms with Crippen molar-refractivity contribution in [2.24, 2.45) is 0 Å². The van der Waals surface area contributed by atoms with Crippen LogP contribution in [0.2, 0.25) is 0 Å². The summed E-state index contributed by atoms with van der Waals surface area (Å²) in [7, 11) is -3.78. The Morgan fingerprint density at radius 2 is 2.22 bits per heavy atom. The van der Waals surface area contributed by atoms with Crippen molar-refractivity contribution in [1.82, 2.24) is 9.62 Å². The molecule has 1 aromatic rings. The number of rotatable bonds is 2. The number of nitrogens with one attached hydrogen (secondary N) is 1. The van der Waals surface area contributed by atoms with E-state index in [-0.39, 0.29) is 10.9 Å². The maximum Gasteiger partial charge on any atom is 0.246 e. The van der Waals surface area contributed by atoms with Crippen molar-refractivity contribution in [2.75, 3.05) is 19.6 Å². The number of nitrogens with zero attached hydrogens (tertiary/aromatic N) is 1. The average Bonchev–Trinajstić information content (AvgIpc) is 2.32. The van der Waals surface area contributed by atoms with E-state index in [1.807, 2.05) is 0 Å². The third kappa shape index (κ3) is 2.59. The van der Waals surface area contributed by atoms with Crippen LogP contribution in [0.25, 0.3) is 0 Å². The Balaban J connectivity index is 2.44. The summed E-state index contributed by atoms with van der Waals surface area (Å²) in [5, 5.41) is 3.10. The number of piperazine rings is 1. The summed E-state index contributed by atoms with van der Waals surface area (Å²) >= 11 is 3.17. The lowest BCUT2D eigenvalue weighted by molar-refractivity contribution is 0.283. The number of hydrogen-bond donors (Lipinski definition) is 1. The second kappa shape index (κ2) is 5.24. The molecule has 0 amide bonds. The van der Waals surface area contributed by atoms with E-state index in [4.69, 9.17) is 0 Å². The molecule has 100 valence electrons. The zero-order chi connectivity index (χ0) is 13.3. The van der Waals surface area contributed by atoms with Crippen LogP contribution in [0.1, 0.15) is 6.92 Å². The molecule has 0 unspecified atom stereocenters. The zero-order valence-corrected chi connectivity index (χ0v) is 12.3. The largest absolute Gasteiger partial charge is 0.314 e. The van der Waals surface area contributed by atoms with Crippen LogP contribution in [0.3, 0.4) is 0 Å². The van der Waals surface area contributed by atoms with Crippen LogP contribution in [0, 0.1) is 5.82 Å². The fourth-order valence-corrected chi connectivity index (χ4v) is 4.22. The van der Waals surface area contributed by atoms with Crippen molar-refractivity contribution < 1.29 is 12.8 Å². The van der Waals surface area contributed by atoms with Gasteiger partial charge in [0, 0.05) is 30.1 Å². The van der Waals surface area contributed by atoms with E-state index in [0.717, 1.165) is 6.07 Å². The van der Waals surface area contributed by atoms with Gasteiger partial charge in [0.2, 0.25) is 10.0 Å². The van der Waals surface area contributed by atoms with Gasteiger partial charge in [-0.05, 0) is 25.1 Å². The Morgan fingerprint density at radius 1 is 1.50 bits per heavy atom. The summed E-state index contributed by atoms with van der Waals surface area (Å²) in [5.74, 6) is -0.719. The van der Waals surface area contributed by atoms with Crippen molar-refractivity contribution in [1.29, 1.82) is 0 Å². The number of halogens is 2. The molecule has 7 heteroatoms.